The summed E-state index contributed by atoms with van der Waals surface area (Å²) < 4.78 is 13.2. The number of nitrogens with zero attached hydrogens (tertiary/aromatic N) is 3. The molecule has 0 bridgehead atoms. The van der Waals surface area contributed by atoms with Crippen LogP contribution in [0.4, 0.5) is 4.39 Å². The van der Waals surface area contributed by atoms with E-state index >= 15 is 0 Å². The van der Waals surface area contributed by atoms with Crippen LogP contribution in [0.15, 0.2) is 34.6 Å². The van der Waals surface area contributed by atoms with Gasteiger partial charge in [0.05, 0.1) is 23.3 Å². The Bertz CT molecular complexity index is 696. The van der Waals surface area contributed by atoms with Crippen LogP contribution in [0.2, 0.25) is 0 Å². The molecule has 0 radical (unpaired) electrons. The number of nitrogens with one attached hydrogen (secondary N) is 2. The van der Waals surface area contributed by atoms with Gasteiger partial charge < -0.3 is 15.5 Å². The highest BCUT2D eigenvalue weighted by molar-refractivity contribution is 7.09. The zero-order chi connectivity index (χ0) is 18.9. The van der Waals surface area contributed by atoms with Gasteiger partial charge in [-0.3, -0.25) is 4.99 Å². The van der Waals surface area contributed by atoms with Crippen LogP contribution in [0, 0.1) is 12.7 Å². The van der Waals surface area contributed by atoms with E-state index in [-0.39, 0.29) is 11.9 Å². The van der Waals surface area contributed by atoms with Gasteiger partial charge in [-0.15, -0.1) is 11.3 Å². The maximum absolute atomic E-state index is 13.2. The standard InChI is InChI=1S/C19H28FN5S/c1-5-21-19(22-11-10-17-13-26-14(2)24-17)23-12-18(25(3)4)15-6-8-16(20)9-7-15/h6-9,13,18H,5,10-12H2,1-4H3,(H2,21,22,23). The SMILES string of the molecule is CCNC(=NCC(c1ccc(F)cc1)N(C)C)NCCc1csc(C)n1. The van der Waals surface area contributed by atoms with Crippen LogP contribution in [0.3, 0.4) is 0 Å². The molecule has 26 heavy (non-hydrogen) atoms. The summed E-state index contributed by atoms with van der Waals surface area (Å²) in [6.07, 6.45) is 0.865. The summed E-state index contributed by atoms with van der Waals surface area (Å²) in [7, 11) is 4.02. The number of aryl methyl sites for hydroxylation is 1. The van der Waals surface area contributed by atoms with Gasteiger partial charge in [-0.1, -0.05) is 12.1 Å². The maximum atomic E-state index is 13.2. The largest absolute Gasteiger partial charge is 0.357 e. The zero-order valence-corrected chi connectivity index (χ0v) is 16.7. The van der Waals surface area contributed by atoms with Crippen molar-refractivity contribution in [2.75, 3.05) is 33.7 Å². The number of guanidine groups is 1. The van der Waals surface area contributed by atoms with Gasteiger partial charge in [0, 0.05) is 24.9 Å². The van der Waals surface area contributed by atoms with E-state index in [1.165, 1.54) is 12.1 Å². The lowest BCUT2D eigenvalue weighted by molar-refractivity contribution is 0.306. The maximum Gasteiger partial charge on any atom is 0.191 e. The third kappa shape index (κ3) is 6.38. The van der Waals surface area contributed by atoms with E-state index in [4.69, 9.17) is 4.99 Å². The Morgan fingerprint density at radius 2 is 2.00 bits per heavy atom. The molecule has 0 fully saturated rings. The summed E-state index contributed by atoms with van der Waals surface area (Å²) in [5.41, 5.74) is 2.15. The van der Waals surface area contributed by atoms with Crippen molar-refractivity contribution in [1.29, 1.82) is 0 Å². The molecule has 2 N–H and O–H groups in total. The number of halogens is 1. The smallest absolute Gasteiger partial charge is 0.191 e. The van der Waals surface area contributed by atoms with Crippen molar-refractivity contribution in [1.82, 2.24) is 20.5 Å². The fraction of sp³-hybridized carbons (Fsp3) is 0.474. The molecular formula is C19H28FN5S. The quantitative estimate of drug-likeness (QED) is 0.549. The van der Waals surface area contributed by atoms with E-state index in [1.807, 2.05) is 40.1 Å². The molecule has 142 valence electrons. The summed E-state index contributed by atoms with van der Waals surface area (Å²) >= 11 is 1.67. The van der Waals surface area contributed by atoms with Crippen molar-refractivity contribution in [3.8, 4) is 0 Å². The number of hydrogen-bond donors (Lipinski definition) is 2. The minimum atomic E-state index is -0.220. The molecule has 0 amide bonds. The molecule has 1 atom stereocenters. The minimum Gasteiger partial charge on any atom is -0.357 e. The number of benzene rings is 1. The Balaban J connectivity index is 1.97. The van der Waals surface area contributed by atoms with E-state index in [2.05, 4.69) is 25.9 Å². The van der Waals surface area contributed by atoms with E-state index in [9.17, 15) is 4.39 Å². The van der Waals surface area contributed by atoms with Crippen LogP contribution in [0.25, 0.3) is 0 Å². The number of thiazole rings is 1. The van der Waals surface area contributed by atoms with E-state index in [0.29, 0.717) is 6.54 Å². The molecular weight excluding hydrogens is 349 g/mol. The number of hydrogen-bond acceptors (Lipinski definition) is 4. The lowest BCUT2D eigenvalue weighted by atomic mass is 10.1. The monoisotopic (exact) mass is 377 g/mol. The normalized spacial score (nSPS) is 13.1. The predicted octanol–water partition coefficient (Wildman–Crippen LogP) is 2.99. The van der Waals surface area contributed by atoms with E-state index in [0.717, 1.165) is 41.7 Å². The molecule has 1 heterocycles. The third-order valence-electron chi connectivity index (χ3n) is 3.98. The molecule has 1 aromatic heterocycles. The summed E-state index contributed by atoms with van der Waals surface area (Å²) in [6, 6.07) is 6.72. The van der Waals surface area contributed by atoms with Gasteiger partial charge >= 0.3 is 0 Å². The highest BCUT2D eigenvalue weighted by Gasteiger charge is 2.14. The molecule has 0 spiro atoms. The van der Waals surface area contributed by atoms with Gasteiger partial charge in [0.1, 0.15) is 5.82 Å². The first-order valence-electron chi connectivity index (χ1n) is 8.84. The lowest BCUT2D eigenvalue weighted by Crippen LogP contribution is -2.39. The second kappa shape index (κ2) is 10.2. The van der Waals surface area contributed by atoms with Crippen molar-refractivity contribution in [3.05, 3.63) is 51.7 Å². The fourth-order valence-corrected chi connectivity index (χ4v) is 3.25. The molecule has 0 saturated carbocycles. The number of likely N-dealkylation sites (N-methyl/N-ethyl adjacent to an activating group) is 1. The Morgan fingerprint density at radius 1 is 1.27 bits per heavy atom. The Kier molecular flexibility index (Phi) is 8.00. The Hall–Kier alpha value is -1.99. The van der Waals surface area contributed by atoms with Crippen molar-refractivity contribution in [2.24, 2.45) is 4.99 Å². The summed E-state index contributed by atoms with van der Waals surface area (Å²) in [6.45, 7) is 6.22. The molecule has 0 aliphatic heterocycles. The van der Waals surface area contributed by atoms with E-state index in [1.54, 1.807) is 11.3 Å². The fourth-order valence-electron chi connectivity index (χ4n) is 2.60. The van der Waals surface area contributed by atoms with Crippen LogP contribution in [0.1, 0.15) is 29.2 Å². The summed E-state index contributed by atoms with van der Waals surface area (Å²) in [5.74, 6) is 0.565. The lowest BCUT2D eigenvalue weighted by Gasteiger charge is -2.23. The summed E-state index contributed by atoms with van der Waals surface area (Å²) in [5, 5.41) is 9.82. The molecule has 7 heteroatoms. The van der Waals surface area contributed by atoms with Crippen LogP contribution in [-0.4, -0.2) is 49.6 Å². The van der Waals surface area contributed by atoms with Gasteiger partial charge in [0.15, 0.2) is 5.96 Å². The van der Waals surface area contributed by atoms with Crippen LogP contribution in [-0.2, 0) is 6.42 Å². The van der Waals surface area contributed by atoms with Crippen molar-refractivity contribution >= 4 is 17.3 Å². The molecule has 0 aliphatic carbocycles. The zero-order valence-electron chi connectivity index (χ0n) is 15.9. The van der Waals surface area contributed by atoms with E-state index < -0.39 is 0 Å². The first kappa shape index (κ1) is 20.3. The van der Waals surface area contributed by atoms with Crippen molar-refractivity contribution in [2.45, 2.75) is 26.3 Å². The molecule has 0 aliphatic rings. The second-order valence-corrected chi connectivity index (χ2v) is 7.35. The highest BCUT2D eigenvalue weighted by atomic mass is 32.1. The Labute approximate surface area is 159 Å². The third-order valence-corrected chi connectivity index (χ3v) is 4.81. The van der Waals surface area contributed by atoms with Gasteiger partial charge in [-0.05, 0) is 45.6 Å². The number of aliphatic imine (C=N–C) groups is 1. The van der Waals surface area contributed by atoms with Crippen LogP contribution >= 0.6 is 11.3 Å². The van der Waals surface area contributed by atoms with Gasteiger partial charge in [-0.2, -0.15) is 0 Å². The topological polar surface area (TPSA) is 52.6 Å². The Morgan fingerprint density at radius 3 is 2.58 bits per heavy atom. The van der Waals surface area contributed by atoms with Gasteiger partial charge in [0.25, 0.3) is 0 Å². The van der Waals surface area contributed by atoms with Crippen LogP contribution in [0.5, 0.6) is 0 Å². The molecule has 5 nitrogen and oxygen atoms in total. The molecule has 1 aromatic carbocycles. The predicted molar refractivity (Wildman–Crippen MR) is 107 cm³/mol. The molecule has 0 saturated heterocycles. The first-order chi connectivity index (χ1) is 12.5. The molecule has 2 aromatic rings. The highest BCUT2D eigenvalue weighted by Crippen LogP contribution is 2.19. The average molecular weight is 378 g/mol. The first-order valence-corrected chi connectivity index (χ1v) is 9.72. The molecule has 2 rings (SSSR count). The van der Waals surface area contributed by atoms with Crippen molar-refractivity contribution < 1.29 is 4.39 Å². The van der Waals surface area contributed by atoms with Gasteiger partial charge in [0.2, 0.25) is 0 Å². The van der Waals surface area contributed by atoms with Gasteiger partial charge in [-0.25, -0.2) is 9.37 Å². The number of aromatic nitrogens is 1. The minimum absolute atomic E-state index is 0.0900. The summed E-state index contributed by atoms with van der Waals surface area (Å²) in [4.78, 5) is 11.3. The van der Waals surface area contributed by atoms with Crippen LogP contribution < -0.4 is 10.6 Å². The number of rotatable bonds is 8. The van der Waals surface area contributed by atoms with Crippen molar-refractivity contribution in [3.63, 3.8) is 0 Å². The second-order valence-electron chi connectivity index (χ2n) is 6.29. The average Bonchev–Trinajstić information content (AvgIpc) is 3.01. The molecule has 1 unspecified atom stereocenters.